The van der Waals surface area contributed by atoms with Gasteiger partial charge in [-0.1, -0.05) is 48.5 Å². The minimum Gasteiger partial charge on any atom is -0.358 e. The molecule has 0 aliphatic rings. The zero-order chi connectivity index (χ0) is 18.8. The molecule has 2 aromatic carbocycles. The Morgan fingerprint density at radius 3 is 2.63 bits per heavy atom. The van der Waals surface area contributed by atoms with E-state index in [1.165, 1.54) is 0 Å². The van der Waals surface area contributed by atoms with Gasteiger partial charge in [0.1, 0.15) is 5.69 Å². The van der Waals surface area contributed by atoms with Crippen molar-refractivity contribution in [2.24, 2.45) is 5.10 Å². The van der Waals surface area contributed by atoms with Crippen LogP contribution in [0.2, 0.25) is 0 Å². The molecule has 0 aliphatic heterocycles. The smallest absolute Gasteiger partial charge is 0.289 e. The molecule has 0 saturated carbocycles. The van der Waals surface area contributed by atoms with Crippen molar-refractivity contribution in [3.8, 4) is 11.3 Å². The van der Waals surface area contributed by atoms with Gasteiger partial charge in [0.2, 0.25) is 0 Å². The lowest BCUT2D eigenvalue weighted by atomic mass is 10.1. The van der Waals surface area contributed by atoms with Gasteiger partial charge in [0.25, 0.3) is 5.91 Å². The summed E-state index contributed by atoms with van der Waals surface area (Å²) in [5, 5.41) is 12.3. The second-order valence-electron chi connectivity index (χ2n) is 6.35. The fourth-order valence-corrected chi connectivity index (χ4v) is 3.17. The van der Waals surface area contributed by atoms with E-state index >= 15 is 0 Å². The molecule has 2 heterocycles. The number of fused-ring (bicyclic) bond motifs is 1. The zero-order valence-electron chi connectivity index (χ0n) is 15.1. The van der Waals surface area contributed by atoms with E-state index in [4.69, 9.17) is 0 Å². The number of aromatic amines is 2. The topological polar surface area (TPSA) is 85.9 Å². The number of H-pyrrole nitrogens is 2. The van der Waals surface area contributed by atoms with Crippen molar-refractivity contribution in [2.45, 2.75) is 13.8 Å². The Labute approximate surface area is 156 Å². The molecule has 1 amide bonds. The zero-order valence-corrected chi connectivity index (χ0v) is 15.1. The van der Waals surface area contributed by atoms with Crippen LogP contribution in [0.4, 0.5) is 0 Å². The van der Waals surface area contributed by atoms with Crippen LogP contribution in [0.3, 0.4) is 0 Å². The number of carbonyl (C=O) groups excluding carboxylic acids is 1. The number of carbonyl (C=O) groups is 1. The second kappa shape index (κ2) is 6.92. The van der Waals surface area contributed by atoms with Gasteiger partial charge < -0.3 is 4.98 Å². The maximum atomic E-state index is 12.5. The summed E-state index contributed by atoms with van der Waals surface area (Å²) >= 11 is 0. The molecule has 3 N–H and O–H groups in total. The monoisotopic (exact) mass is 357 g/mol. The summed E-state index contributed by atoms with van der Waals surface area (Å²) in [6, 6.07) is 17.7. The van der Waals surface area contributed by atoms with Crippen LogP contribution in [0.25, 0.3) is 22.2 Å². The summed E-state index contributed by atoms with van der Waals surface area (Å²) in [6.07, 6.45) is 1.66. The van der Waals surface area contributed by atoms with E-state index in [1.54, 1.807) is 6.21 Å². The number of benzene rings is 2. The number of hydrogen-bond donors (Lipinski definition) is 3. The number of aromatic nitrogens is 3. The van der Waals surface area contributed by atoms with Crippen molar-refractivity contribution in [1.29, 1.82) is 0 Å². The molecular weight excluding hydrogens is 338 g/mol. The third kappa shape index (κ3) is 3.13. The summed E-state index contributed by atoms with van der Waals surface area (Å²) in [5.41, 5.74) is 8.49. The SMILES string of the molecule is Cc1[nH]c2ccccc2c1/C=N\NC(=O)c1[nH]nc(-c2ccccc2)c1C. The van der Waals surface area contributed by atoms with Gasteiger partial charge in [-0.25, -0.2) is 5.43 Å². The van der Waals surface area contributed by atoms with Gasteiger partial charge in [-0.05, 0) is 19.9 Å². The van der Waals surface area contributed by atoms with E-state index in [0.717, 1.165) is 39.0 Å². The highest BCUT2D eigenvalue weighted by atomic mass is 16.2. The first kappa shape index (κ1) is 16.8. The lowest BCUT2D eigenvalue weighted by Gasteiger charge is -2.00. The summed E-state index contributed by atoms with van der Waals surface area (Å²) in [5.74, 6) is -0.323. The highest BCUT2D eigenvalue weighted by molar-refractivity contribution is 6.01. The first-order valence-electron chi connectivity index (χ1n) is 8.66. The predicted octanol–water partition coefficient (Wildman–Crippen LogP) is 3.94. The Morgan fingerprint density at radius 1 is 1.07 bits per heavy atom. The molecule has 0 atom stereocenters. The van der Waals surface area contributed by atoms with Crippen LogP contribution >= 0.6 is 0 Å². The maximum absolute atomic E-state index is 12.5. The van der Waals surface area contributed by atoms with Gasteiger partial charge in [0.05, 0.1) is 11.9 Å². The average Bonchev–Trinajstić information content (AvgIpc) is 3.22. The Morgan fingerprint density at radius 2 is 1.81 bits per heavy atom. The number of hydrogen-bond acceptors (Lipinski definition) is 3. The van der Waals surface area contributed by atoms with Gasteiger partial charge in [-0.2, -0.15) is 10.2 Å². The third-order valence-electron chi connectivity index (χ3n) is 4.59. The van der Waals surface area contributed by atoms with Crippen molar-refractivity contribution in [3.63, 3.8) is 0 Å². The van der Waals surface area contributed by atoms with Crippen molar-refractivity contribution in [3.05, 3.63) is 77.1 Å². The normalized spacial score (nSPS) is 11.3. The van der Waals surface area contributed by atoms with Crippen LogP contribution in [-0.2, 0) is 0 Å². The van der Waals surface area contributed by atoms with Crippen LogP contribution in [0, 0.1) is 13.8 Å². The molecule has 0 fully saturated rings. The molecule has 134 valence electrons. The number of hydrazone groups is 1. The van der Waals surface area contributed by atoms with Crippen LogP contribution in [-0.4, -0.2) is 27.3 Å². The minimum atomic E-state index is -0.323. The predicted molar refractivity (Wildman–Crippen MR) is 107 cm³/mol. The quantitative estimate of drug-likeness (QED) is 0.382. The highest BCUT2D eigenvalue weighted by Crippen LogP contribution is 2.23. The Hall–Kier alpha value is -3.67. The fourth-order valence-electron chi connectivity index (χ4n) is 3.17. The van der Waals surface area contributed by atoms with Crippen molar-refractivity contribution in [1.82, 2.24) is 20.6 Å². The molecule has 0 bridgehead atoms. The summed E-state index contributed by atoms with van der Waals surface area (Å²) in [4.78, 5) is 15.8. The van der Waals surface area contributed by atoms with Crippen molar-refractivity contribution < 1.29 is 4.79 Å². The van der Waals surface area contributed by atoms with Crippen molar-refractivity contribution >= 4 is 23.0 Å². The van der Waals surface area contributed by atoms with Gasteiger partial charge in [0.15, 0.2) is 0 Å². The first-order chi connectivity index (χ1) is 13.1. The second-order valence-corrected chi connectivity index (χ2v) is 6.35. The van der Waals surface area contributed by atoms with Gasteiger partial charge in [0, 0.05) is 33.3 Å². The summed E-state index contributed by atoms with van der Waals surface area (Å²) < 4.78 is 0. The molecule has 6 heteroatoms. The highest BCUT2D eigenvalue weighted by Gasteiger charge is 2.16. The molecule has 2 aromatic heterocycles. The number of para-hydroxylation sites is 1. The van der Waals surface area contributed by atoms with E-state index < -0.39 is 0 Å². The Kier molecular flexibility index (Phi) is 4.30. The van der Waals surface area contributed by atoms with E-state index in [0.29, 0.717) is 5.69 Å². The molecule has 4 aromatic rings. The first-order valence-corrected chi connectivity index (χ1v) is 8.66. The molecule has 27 heavy (non-hydrogen) atoms. The molecule has 0 saturated heterocycles. The molecule has 0 spiro atoms. The van der Waals surface area contributed by atoms with Crippen LogP contribution < -0.4 is 5.43 Å². The van der Waals surface area contributed by atoms with Crippen LogP contribution in [0.1, 0.15) is 27.3 Å². The number of amides is 1. The van der Waals surface area contributed by atoms with Gasteiger partial charge in [-0.15, -0.1) is 0 Å². The molecule has 0 radical (unpaired) electrons. The third-order valence-corrected chi connectivity index (χ3v) is 4.59. The van der Waals surface area contributed by atoms with E-state index in [9.17, 15) is 4.79 Å². The molecular formula is C21H19N5O. The summed E-state index contributed by atoms with van der Waals surface area (Å²) in [7, 11) is 0. The maximum Gasteiger partial charge on any atom is 0.289 e. The van der Waals surface area contributed by atoms with Crippen LogP contribution in [0.15, 0.2) is 59.7 Å². The average molecular weight is 357 g/mol. The van der Waals surface area contributed by atoms with E-state index in [-0.39, 0.29) is 5.91 Å². The standard InChI is InChI=1S/C21H19N5O/c1-13-19(15-8-4-3-5-9-15)24-25-20(13)21(27)26-22-12-17-14(2)23-18-11-7-6-10-16(17)18/h3-12,23H,1-2H3,(H,24,25)(H,26,27)/b22-12-. The molecule has 6 nitrogen and oxygen atoms in total. The lowest BCUT2D eigenvalue weighted by molar-refractivity contribution is 0.0949. The Balaban J connectivity index is 1.54. The Bertz CT molecular complexity index is 1140. The van der Waals surface area contributed by atoms with Crippen molar-refractivity contribution in [2.75, 3.05) is 0 Å². The molecule has 4 rings (SSSR count). The van der Waals surface area contributed by atoms with Gasteiger partial charge >= 0.3 is 0 Å². The van der Waals surface area contributed by atoms with Crippen LogP contribution in [0.5, 0.6) is 0 Å². The number of nitrogens with one attached hydrogen (secondary N) is 3. The van der Waals surface area contributed by atoms with Gasteiger partial charge in [-0.3, -0.25) is 9.89 Å². The minimum absolute atomic E-state index is 0.323. The van der Waals surface area contributed by atoms with E-state index in [2.05, 4.69) is 25.7 Å². The fraction of sp³-hybridized carbons (Fsp3) is 0.0952. The molecule has 0 unspecified atom stereocenters. The largest absolute Gasteiger partial charge is 0.358 e. The summed E-state index contributed by atoms with van der Waals surface area (Å²) in [6.45, 7) is 3.85. The number of aryl methyl sites for hydroxylation is 1. The van der Waals surface area contributed by atoms with E-state index in [1.807, 2.05) is 68.4 Å². The molecule has 0 aliphatic carbocycles. The number of rotatable bonds is 4. The number of nitrogens with zero attached hydrogens (tertiary/aromatic N) is 2. The lowest BCUT2D eigenvalue weighted by Crippen LogP contribution is -2.19.